The minimum Gasteiger partial charge on any atom is -0.398 e. The highest BCUT2D eigenvalue weighted by molar-refractivity contribution is 5.76. The van der Waals surface area contributed by atoms with Crippen molar-refractivity contribution in [2.75, 3.05) is 5.73 Å². The number of benzene rings is 2. The Morgan fingerprint density at radius 2 is 1.55 bits per heavy atom. The molecule has 0 heterocycles. The van der Waals surface area contributed by atoms with Gasteiger partial charge in [-0.3, -0.25) is 0 Å². The van der Waals surface area contributed by atoms with Gasteiger partial charge in [-0.1, -0.05) is 77.1 Å². The van der Waals surface area contributed by atoms with Gasteiger partial charge in [0, 0.05) is 5.69 Å². The predicted molar refractivity (Wildman–Crippen MR) is 99.0 cm³/mol. The van der Waals surface area contributed by atoms with E-state index in [1.54, 1.807) is 0 Å². The Bertz CT molecular complexity index is 655. The third-order valence-electron chi connectivity index (χ3n) is 4.01. The van der Waals surface area contributed by atoms with Crippen LogP contribution in [0.15, 0.2) is 42.5 Å². The average molecular weight is 293 g/mol. The van der Waals surface area contributed by atoms with Crippen molar-refractivity contribution in [3.8, 4) is 0 Å². The maximum Gasteiger partial charge on any atom is 0.0387 e. The molecule has 0 atom stereocenters. The molecule has 2 N–H and O–H groups in total. The van der Waals surface area contributed by atoms with Crippen LogP contribution in [0.5, 0.6) is 0 Å². The average Bonchev–Trinajstić information content (AvgIpc) is 2.45. The molecule has 2 aromatic carbocycles. The smallest absolute Gasteiger partial charge is 0.0387 e. The van der Waals surface area contributed by atoms with Crippen LogP contribution in [-0.4, -0.2) is 0 Å². The van der Waals surface area contributed by atoms with E-state index in [1.165, 1.54) is 16.7 Å². The van der Waals surface area contributed by atoms with Crippen molar-refractivity contribution in [1.29, 1.82) is 0 Å². The van der Waals surface area contributed by atoms with Crippen molar-refractivity contribution < 1.29 is 0 Å². The molecule has 0 saturated heterocycles. The highest BCUT2D eigenvalue weighted by atomic mass is 14.6. The van der Waals surface area contributed by atoms with Crippen LogP contribution in [-0.2, 0) is 5.41 Å². The van der Waals surface area contributed by atoms with Crippen LogP contribution in [0.4, 0.5) is 5.69 Å². The Balaban J connectivity index is 2.23. The van der Waals surface area contributed by atoms with Gasteiger partial charge in [0.05, 0.1) is 0 Å². The summed E-state index contributed by atoms with van der Waals surface area (Å²) in [6.45, 7) is 11.1. The molecule has 0 bridgehead atoms. The van der Waals surface area contributed by atoms with Crippen LogP contribution in [0.25, 0.3) is 12.2 Å². The molecule has 0 aliphatic heterocycles. The van der Waals surface area contributed by atoms with E-state index in [1.807, 2.05) is 6.07 Å². The van der Waals surface area contributed by atoms with Crippen LogP contribution < -0.4 is 5.73 Å². The zero-order valence-electron chi connectivity index (χ0n) is 14.4. The van der Waals surface area contributed by atoms with E-state index in [4.69, 9.17) is 5.73 Å². The van der Waals surface area contributed by atoms with Crippen LogP contribution >= 0.6 is 0 Å². The maximum atomic E-state index is 6.08. The molecule has 0 radical (unpaired) electrons. The van der Waals surface area contributed by atoms with Crippen LogP contribution in [0.1, 0.15) is 62.8 Å². The number of hydrogen-bond acceptors (Lipinski definition) is 1. The fourth-order valence-electron chi connectivity index (χ4n) is 2.38. The summed E-state index contributed by atoms with van der Waals surface area (Å²) in [5.74, 6) is 0.513. The summed E-state index contributed by atoms with van der Waals surface area (Å²) in [6.07, 6.45) is 4.23. The monoisotopic (exact) mass is 293 g/mol. The molecule has 0 fully saturated rings. The third-order valence-corrected chi connectivity index (χ3v) is 4.01. The minimum absolute atomic E-state index is 0.193. The normalized spacial score (nSPS) is 12.3. The second-order valence-corrected chi connectivity index (χ2v) is 7.25. The van der Waals surface area contributed by atoms with E-state index in [-0.39, 0.29) is 5.41 Å². The lowest BCUT2D eigenvalue weighted by Gasteiger charge is -2.18. The lowest BCUT2D eigenvalue weighted by molar-refractivity contribution is 0.590. The molecule has 0 saturated carbocycles. The Morgan fingerprint density at radius 1 is 0.909 bits per heavy atom. The molecule has 2 rings (SSSR count). The van der Waals surface area contributed by atoms with Gasteiger partial charge in [0.1, 0.15) is 0 Å². The SMILES string of the molecule is CC(C)c1ccc(N)c(/C=C/c2ccc(C(C)(C)C)cc2)c1. The van der Waals surface area contributed by atoms with Gasteiger partial charge in [-0.2, -0.15) is 0 Å². The second kappa shape index (κ2) is 6.39. The van der Waals surface area contributed by atoms with E-state index in [2.05, 4.69) is 83.2 Å². The first-order valence-electron chi connectivity index (χ1n) is 7.95. The third kappa shape index (κ3) is 4.00. The molecule has 0 unspecified atom stereocenters. The molecule has 0 aromatic heterocycles. The second-order valence-electron chi connectivity index (χ2n) is 7.25. The first kappa shape index (κ1) is 16.4. The standard InChI is InChI=1S/C21H27N/c1-15(2)17-10-13-20(22)18(14-17)9-6-16-7-11-19(12-8-16)21(3,4)5/h6-15H,22H2,1-5H3/b9-6+. The minimum atomic E-state index is 0.193. The Morgan fingerprint density at radius 3 is 2.09 bits per heavy atom. The van der Waals surface area contributed by atoms with E-state index >= 15 is 0 Å². The fraction of sp³-hybridized carbons (Fsp3) is 0.333. The van der Waals surface area contributed by atoms with Crippen molar-refractivity contribution in [3.63, 3.8) is 0 Å². The molecule has 0 spiro atoms. The Kier molecular flexibility index (Phi) is 4.75. The number of anilines is 1. The summed E-state index contributed by atoms with van der Waals surface area (Å²) in [4.78, 5) is 0. The maximum absolute atomic E-state index is 6.08. The predicted octanol–water partition coefficient (Wildman–Crippen LogP) is 5.86. The molecule has 1 nitrogen and oxygen atoms in total. The topological polar surface area (TPSA) is 26.0 Å². The summed E-state index contributed by atoms with van der Waals surface area (Å²) in [5.41, 5.74) is 12.1. The van der Waals surface area contributed by atoms with Gasteiger partial charge in [0.15, 0.2) is 0 Å². The highest BCUT2D eigenvalue weighted by Crippen LogP contribution is 2.24. The lowest BCUT2D eigenvalue weighted by Crippen LogP contribution is -2.10. The Labute approximate surface area is 134 Å². The Hall–Kier alpha value is -2.02. The largest absolute Gasteiger partial charge is 0.398 e. The number of nitrogen functional groups attached to an aromatic ring is 1. The summed E-state index contributed by atoms with van der Waals surface area (Å²) in [6, 6.07) is 15.0. The van der Waals surface area contributed by atoms with Crippen molar-refractivity contribution >= 4 is 17.8 Å². The van der Waals surface area contributed by atoms with Crippen molar-refractivity contribution in [1.82, 2.24) is 0 Å². The number of hydrogen-bond donors (Lipinski definition) is 1. The van der Waals surface area contributed by atoms with Crippen LogP contribution in [0.3, 0.4) is 0 Å². The van der Waals surface area contributed by atoms with Gasteiger partial charge in [-0.05, 0) is 45.7 Å². The van der Waals surface area contributed by atoms with Gasteiger partial charge in [-0.15, -0.1) is 0 Å². The van der Waals surface area contributed by atoms with E-state index in [0.29, 0.717) is 5.92 Å². The number of nitrogens with two attached hydrogens (primary N) is 1. The van der Waals surface area contributed by atoms with E-state index in [0.717, 1.165) is 11.3 Å². The zero-order chi connectivity index (χ0) is 16.3. The van der Waals surface area contributed by atoms with Crippen molar-refractivity contribution in [2.24, 2.45) is 0 Å². The fourth-order valence-corrected chi connectivity index (χ4v) is 2.38. The lowest BCUT2D eigenvalue weighted by atomic mass is 9.86. The van der Waals surface area contributed by atoms with Gasteiger partial charge in [-0.25, -0.2) is 0 Å². The van der Waals surface area contributed by atoms with Crippen LogP contribution in [0.2, 0.25) is 0 Å². The quantitative estimate of drug-likeness (QED) is 0.556. The van der Waals surface area contributed by atoms with Gasteiger partial charge in [0.2, 0.25) is 0 Å². The van der Waals surface area contributed by atoms with Gasteiger partial charge in [0.25, 0.3) is 0 Å². The molecular weight excluding hydrogens is 266 g/mol. The number of rotatable bonds is 3. The molecule has 2 aromatic rings. The molecule has 1 heteroatoms. The summed E-state index contributed by atoms with van der Waals surface area (Å²) >= 11 is 0. The van der Waals surface area contributed by atoms with Gasteiger partial charge >= 0.3 is 0 Å². The summed E-state index contributed by atoms with van der Waals surface area (Å²) in [5, 5.41) is 0. The van der Waals surface area contributed by atoms with E-state index in [9.17, 15) is 0 Å². The van der Waals surface area contributed by atoms with Crippen molar-refractivity contribution in [3.05, 3.63) is 64.7 Å². The molecule has 0 amide bonds. The molecule has 0 aliphatic carbocycles. The zero-order valence-corrected chi connectivity index (χ0v) is 14.4. The molecule has 116 valence electrons. The summed E-state index contributed by atoms with van der Waals surface area (Å²) in [7, 11) is 0. The van der Waals surface area contributed by atoms with Crippen molar-refractivity contribution in [2.45, 2.75) is 46.0 Å². The summed E-state index contributed by atoms with van der Waals surface area (Å²) < 4.78 is 0. The van der Waals surface area contributed by atoms with E-state index < -0.39 is 0 Å². The first-order chi connectivity index (χ1) is 10.3. The molecule has 22 heavy (non-hydrogen) atoms. The molecule has 0 aliphatic rings. The molecular formula is C21H27N. The highest BCUT2D eigenvalue weighted by Gasteiger charge is 2.12. The van der Waals surface area contributed by atoms with Gasteiger partial charge < -0.3 is 5.73 Å². The van der Waals surface area contributed by atoms with Crippen LogP contribution in [0, 0.1) is 0 Å². The first-order valence-corrected chi connectivity index (χ1v) is 7.95.